The van der Waals surface area contributed by atoms with Crippen LogP contribution in [0.15, 0.2) is 52.3 Å². The summed E-state index contributed by atoms with van der Waals surface area (Å²) in [5.74, 6) is 1.36. The summed E-state index contributed by atoms with van der Waals surface area (Å²) in [6.07, 6.45) is -1.00. The highest BCUT2D eigenvalue weighted by Gasteiger charge is 2.19. The van der Waals surface area contributed by atoms with Gasteiger partial charge in [0.1, 0.15) is 24.2 Å². The van der Waals surface area contributed by atoms with Gasteiger partial charge in [0, 0.05) is 11.8 Å². The van der Waals surface area contributed by atoms with E-state index in [1.165, 1.54) is 42.5 Å². The molecule has 0 bridgehead atoms. The number of alkyl halides is 1. The van der Waals surface area contributed by atoms with Crippen molar-refractivity contribution in [3.05, 3.63) is 47.5 Å². The molecule has 28 heavy (non-hydrogen) atoms. The second-order valence-corrected chi connectivity index (χ2v) is 8.95. The van der Waals surface area contributed by atoms with E-state index in [9.17, 15) is 13.5 Å². The van der Waals surface area contributed by atoms with Crippen molar-refractivity contribution in [1.82, 2.24) is 0 Å². The van der Waals surface area contributed by atoms with Crippen LogP contribution in [-0.4, -0.2) is 50.4 Å². The summed E-state index contributed by atoms with van der Waals surface area (Å²) in [6, 6.07) is 10.0. The van der Waals surface area contributed by atoms with E-state index in [0.717, 1.165) is 0 Å². The van der Waals surface area contributed by atoms with E-state index >= 15 is 0 Å². The first-order chi connectivity index (χ1) is 13.3. The highest BCUT2D eigenvalue weighted by Crippen LogP contribution is 2.31. The molecule has 0 radical (unpaired) electrons. The summed E-state index contributed by atoms with van der Waals surface area (Å²) in [6.45, 7) is 1.79. The lowest BCUT2D eigenvalue weighted by Crippen LogP contribution is -2.21. The summed E-state index contributed by atoms with van der Waals surface area (Å²) in [5.41, 5.74) is 0. The van der Waals surface area contributed by atoms with Crippen LogP contribution in [0.4, 0.5) is 0 Å². The average molecular weight is 449 g/mol. The van der Waals surface area contributed by atoms with Crippen LogP contribution in [0.5, 0.6) is 11.5 Å². The zero-order valence-corrected chi connectivity index (χ0v) is 17.5. The van der Waals surface area contributed by atoms with E-state index in [1.807, 2.05) is 6.92 Å². The normalized spacial score (nSPS) is 13.8. The van der Waals surface area contributed by atoms with E-state index in [0.29, 0.717) is 24.0 Å². The molecule has 0 aliphatic carbocycles. The molecule has 0 spiro atoms. The third-order valence-electron chi connectivity index (χ3n) is 3.79. The van der Waals surface area contributed by atoms with Gasteiger partial charge in [-0.25, -0.2) is 8.42 Å². The SMILES string of the molecule is C[C@H](CCl)COc1ccc(S(=O)(=O)c2ccc(OC[C@@H](O)CO)cc2)cc1Cl. The molecule has 154 valence electrons. The highest BCUT2D eigenvalue weighted by atomic mass is 35.5. The monoisotopic (exact) mass is 448 g/mol. The van der Waals surface area contributed by atoms with Crippen LogP contribution in [0.25, 0.3) is 0 Å². The second-order valence-electron chi connectivity index (χ2n) is 6.28. The third kappa shape index (κ3) is 5.99. The van der Waals surface area contributed by atoms with Gasteiger partial charge in [-0.05, 0) is 42.5 Å². The van der Waals surface area contributed by atoms with E-state index in [2.05, 4.69) is 0 Å². The average Bonchev–Trinajstić information content (AvgIpc) is 2.70. The van der Waals surface area contributed by atoms with Crippen molar-refractivity contribution in [1.29, 1.82) is 0 Å². The molecule has 0 aromatic heterocycles. The van der Waals surface area contributed by atoms with Crippen LogP contribution >= 0.6 is 23.2 Å². The molecule has 0 unspecified atom stereocenters. The second kappa shape index (κ2) is 10.3. The van der Waals surface area contributed by atoms with Gasteiger partial charge < -0.3 is 19.7 Å². The molecule has 2 aromatic carbocycles. The predicted octanol–water partition coefficient (Wildman–Crippen LogP) is 3.16. The third-order valence-corrected chi connectivity index (χ3v) is 6.38. The number of rotatable bonds is 10. The number of aliphatic hydroxyl groups excluding tert-OH is 2. The minimum absolute atomic E-state index is 0.0413. The topological polar surface area (TPSA) is 93.1 Å². The maximum atomic E-state index is 12.8. The van der Waals surface area contributed by atoms with Gasteiger partial charge in [0.15, 0.2) is 0 Å². The Labute approximate surface area is 174 Å². The molecule has 9 heteroatoms. The number of hydrogen-bond donors (Lipinski definition) is 2. The van der Waals surface area contributed by atoms with E-state index in [-0.39, 0.29) is 27.3 Å². The fourth-order valence-electron chi connectivity index (χ4n) is 2.14. The fourth-order valence-corrected chi connectivity index (χ4v) is 3.81. The Hall–Kier alpha value is -1.51. The van der Waals surface area contributed by atoms with Crippen molar-refractivity contribution in [3.8, 4) is 11.5 Å². The van der Waals surface area contributed by atoms with E-state index in [1.54, 1.807) is 0 Å². The molecule has 0 saturated heterocycles. The molecule has 0 aliphatic heterocycles. The maximum absolute atomic E-state index is 12.8. The Morgan fingerprint density at radius 2 is 1.68 bits per heavy atom. The zero-order chi connectivity index (χ0) is 20.7. The lowest BCUT2D eigenvalue weighted by atomic mass is 10.2. The van der Waals surface area contributed by atoms with E-state index in [4.69, 9.17) is 37.8 Å². The largest absolute Gasteiger partial charge is 0.492 e. The van der Waals surface area contributed by atoms with Crippen molar-refractivity contribution in [2.45, 2.75) is 22.8 Å². The van der Waals surface area contributed by atoms with Crippen LogP contribution < -0.4 is 9.47 Å². The molecule has 0 amide bonds. The first kappa shape index (κ1) is 22.8. The van der Waals surface area contributed by atoms with Crippen LogP contribution in [0, 0.1) is 5.92 Å². The Morgan fingerprint density at radius 1 is 1.04 bits per heavy atom. The Morgan fingerprint density at radius 3 is 2.25 bits per heavy atom. The quantitative estimate of drug-likeness (QED) is 0.542. The Balaban J connectivity index is 2.14. The Kier molecular flexibility index (Phi) is 8.39. The summed E-state index contributed by atoms with van der Waals surface area (Å²) in [5, 5.41) is 18.2. The van der Waals surface area contributed by atoms with Crippen LogP contribution in [0.3, 0.4) is 0 Å². The van der Waals surface area contributed by atoms with Crippen LogP contribution in [0.2, 0.25) is 5.02 Å². The summed E-state index contributed by atoms with van der Waals surface area (Å²) in [4.78, 5) is 0.114. The van der Waals surface area contributed by atoms with Gasteiger partial charge in [-0.15, -0.1) is 11.6 Å². The van der Waals surface area contributed by atoms with Crippen molar-refractivity contribution >= 4 is 33.0 Å². The first-order valence-electron chi connectivity index (χ1n) is 8.53. The summed E-state index contributed by atoms with van der Waals surface area (Å²) >= 11 is 11.9. The van der Waals surface area contributed by atoms with Crippen LogP contribution in [0.1, 0.15) is 6.92 Å². The fraction of sp³-hybridized carbons (Fsp3) is 0.368. The van der Waals surface area contributed by atoms with Crippen molar-refractivity contribution < 1.29 is 28.1 Å². The number of sulfone groups is 1. The van der Waals surface area contributed by atoms with Crippen LogP contribution in [-0.2, 0) is 9.84 Å². The highest BCUT2D eigenvalue weighted by molar-refractivity contribution is 7.91. The smallest absolute Gasteiger partial charge is 0.206 e. The molecule has 6 nitrogen and oxygen atoms in total. The number of halogens is 2. The minimum atomic E-state index is -3.77. The summed E-state index contributed by atoms with van der Waals surface area (Å²) in [7, 11) is -3.77. The van der Waals surface area contributed by atoms with E-state index < -0.39 is 22.5 Å². The van der Waals surface area contributed by atoms with Crippen molar-refractivity contribution in [3.63, 3.8) is 0 Å². The van der Waals surface area contributed by atoms with Crippen molar-refractivity contribution in [2.75, 3.05) is 25.7 Å². The molecule has 2 rings (SSSR count). The predicted molar refractivity (Wildman–Crippen MR) is 107 cm³/mol. The number of hydrogen-bond acceptors (Lipinski definition) is 6. The number of benzene rings is 2. The first-order valence-corrected chi connectivity index (χ1v) is 10.9. The molecular weight excluding hydrogens is 427 g/mol. The van der Waals surface area contributed by atoms with Gasteiger partial charge in [0.05, 0.1) is 28.0 Å². The van der Waals surface area contributed by atoms with Gasteiger partial charge in [-0.1, -0.05) is 18.5 Å². The zero-order valence-electron chi connectivity index (χ0n) is 15.2. The van der Waals surface area contributed by atoms with Gasteiger partial charge in [0.2, 0.25) is 9.84 Å². The molecule has 0 aliphatic rings. The van der Waals surface area contributed by atoms with Crippen molar-refractivity contribution in [2.24, 2.45) is 5.92 Å². The molecule has 2 N–H and O–H groups in total. The summed E-state index contributed by atoms with van der Waals surface area (Å²) < 4.78 is 36.4. The van der Waals surface area contributed by atoms with Gasteiger partial charge in [0.25, 0.3) is 0 Å². The van der Waals surface area contributed by atoms with Gasteiger partial charge >= 0.3 is 0 Å². The number of aliphatic hydroxyl groups is 2. The van der Waals surface area contributed by atoms with Gasteiger partial charge in [-0.3, -0.25) is 0 Å². The number of ether oxygens (including phenoxy) is 2. The minimum Gasteiger partial charge on any atom is -0.492 e. The lowest BCUT2D eigenvalue weighted by molar-refractivity contribution is 0.0536. The molecule has 2 atom stereocenters. The molecular formula is C19H22Cl2O6S. The molecule has 0 fully saturated rings. The Bertz CT molecular complexity index is 870. The van der Waals surface area contributed by atoms with Gasteiger partial charge in [-0.2, -0.15) is 0 Å². The standard InChI is InChI=1S/C19H22Cl2O6S/c1-13(9-20)11-27-19-7-6-17(8-18(19)21)28(24,25)16-4-2-15(3-5-16)26-12-14(23)10-22/h2-8,13-14,22-23H,9-12H2,1H3/t13-,14+/m1/s1. The molecule has 0 heterocycles. The lowest BCUT2D eigenvalue weighted by Gasteiger charge is -2.13. The molecule has 0 saturated carbocycles. The molecule has 2 aromatic rings. The maximum Gasteiger partial charge on any atom is 0.206 e.